The minimum atomic E-state index is -0.505. The highest BCUT2D eigenvalue weighted by Gasteiger charge is 2.13. The number of halogens is 2. The standard InChI is InChI=1S/C12H16BrFN2O/c1-2-3-4-7-17-9-6-5-8(12(15)16)10(13)11(9)14/h5-6H,2-4,7H2,1H3,(H3,15,16). The van der Waals surface area contributed by atoms with Crippen LogP contribution < -0.4 is 10.5 Å². The first kappa shape index (κ1) is 14.0. The second kappa shape index (κ2) is 6.59. The van der Waals surface area contributed by atoms with Crippen molar-refractivity contribution in [1.29, 1.82) is 5.41 Å². The summed E-state index contributed by atoms with van der Waals surface area (Å²) in [5.74, 6) is -0.486. The highest BCUT2D eigenvalue weighted by molar-refractivity contribution is 9.10. The summed E-state index contributed by atoms with van der Waals surface area (Å²) in [5.41, 5.74) is 5.66. The molecule has 3 N–H and O–H groups in total. The molecule has 0 bridgehead atoms. The molecule has 0 saturated heterocycles. The van der Waals surface area contributed by atoms with E-state index < -0.39 is 5.82 Å². The molecule has 3 nitrogen and oxygen atoms in total. The van der Waals surface area contributed by atoms with Crippen LogP contribution in [-0.4, -0.2) is 12.4 Å². The number of nitrogens with one attached hydrogen (secondary N) is 1. The Balaban J connectivity index is 2.75. The van der Waals surface area contributed by atoms with E-state index in [4.69, 9.17) is 15.9 Å². The van der Waals surface area contributed by atoms with E-state index in [9.17, 15) is 4.39 Å². The van der Waals surface area contributed by atoms with Crippen LogP contribution in [0.4, 0.5) is 4.39 Å². The number of rotatable bonds is 6. The van der Waals surface area contributed by atoms with Crippen LogP contribution in [0.2, 0.25) is 0 Å². The van der Waals surface area contributed by atoms with E-state index in [0.717, 1.165) is 19.3 Å². The Hall–Kier alpha value is -1.10. The van der Waals surface area contributed by atoms with E-state index >= 15 is 0 Å². The molecule has 0 aliphatic heterocycles. The number of unbranched alkanes of at least 4 members (excludes halogenated alkanes) is 2. The van der Waals surface area contributed by atoms with E-state index in [2.05, 4.69) is 22.9 Å². The second-order valence-corrected chi connectivity index (χ2v) is 4.50. The van der Waals surface area contributed by atoms with Crippen LogP contribution in [0.3, 0.4) is 0 Å². The van der Waals surface area contributed by atoms with Crippen molar-refractivity contribution in [2.75, 3.05) is 6.61 Å². The highest BCUT2D eigenvalue weighted by atomic mass is 79.9. The van der Waals surface area contributed by atoms with Crippen LogP contribution in [0.15, 0.2) is 16.6 Å². The molecule has 17 heavy (non-hydrogen) atoms. The summed E-state index contributed by atoms with van der Waals surface area (Å²) < 4.78 is 19.3. The Labute approximate surface area is 109 Å². The lowest BCUT2D eigenvalue weighted by Gasteiger charge is -2.10. The van der Waals surface area contributed by atoms with Gasteiger partial charge in [0.2, 0.25) is 0 Å². The molecule has 0 unspecified atom stereocenters. The lowest BCUT2D eigenvalue weighted by Crippen LogP contribution is -2.13. The first-order valence-electron chi connectivity index (χ1n) is 5.53. The number of amidine groups is 1. The number of hydrogen-bond donors (Lipinski definition) is 2. The monoisotopic (exact) mass is 302 g/mol. The third-order valence-corrected chi connectivity index (χ3v) is 3.12. The van der Waals surface area contributed by atoms with E-state index in [-0.39, 0.29) is 16.1 Å². The van der Waals surface area contributed by atoms with E-state index in [1.165, 1.54) is 6.07 Å². The molecule has 1 aromatic carbocycles. The SMILES string of the molecule is CCCCCOc1ccc(C(=N)N)c(Br)c1F. The lowest BCUT2D eigenvalue weighted by atomic mass is 10.2. The summed E-state index contributed by atoms with van der Waals surface area (Å²) >= 11 is 3.08. The maximum Gasteiger partial charge on any atom is 0.179 e. The molecule has 0 saturated carbocycles. The van der Waals surface area contributed by atoms with Gasteiger partial charge < -0.3 is 10.5 Å². The fourth-order valence-electron chi connectivity index (χ4n) is 1.39. The van der Waals surface area contributed by atoms with Crippen LogP contribution in [-0.2, 0) is 0 Å². The Morgan fingerprint density at radius 3 is 2.76 bits per heavy atom. The minimum absolute atomic E-state index is 0.173. The van der Waals surface area contributed by atoms with Crippen LogP contribution >= 0.6 is 15.9 Å². The molecule has 0 aromatic heterocycles. The third-order valence-electron chi connectivity index (χ3n) is 2.34. The van der Waals surface area contributed by atoms with Crippen molar-refractivity contribution in [1.82, 2.24) is 0 Å². The Bertz CT molecular complexity index is 410. The summed E-state index contributed by atoms with van der Waals surface area (Å²) in [6.07, 6.45) is 3.06. The molecule has 0 radical (unpaired) electrons. The maximum atomic E-state index is 13.8. The third kappa shape index (κ3) is 3.70. The molecule has 0 spiro atoms. The Morgan fingerprint density at radius 1 is 1.47 bits per heavy atom. The summed E-state index contributed by atoms with van der Waals surface area (Å²) in [4.78, 5) is 0. The van der Waals surface area contributed by atoms with Gasteiger partial charge in [-0.1, -0.05) is 19.8 Å². The predicted molar refractivity (Wildman–Crippen MR) is 70.1 cm³/mol. The quantitative estimate of drug-likeness (QED) is 0.480. The zero-order valence-electron chi connectivity index (χ0n) is 9.72. The molecule has 0 aliphatic carbocycles. The smallest absolute Gasteiger partial charge is 0.179 e. The van der Waals surface area contributed by atoms with Crippen LogP contribution in [0.5, 0.6) is 5.75 Å². The van der Waals surface area contributed by atoms with Crippen LogP contribution in [0.1, 0.15) is 31.7 Å². The van der Waals surface area contributed by atoms with Crippen molar-refractivity contribution in [2.24, 2.45) is 5.73 Å². The molecule has 0 heterocycles. The van der Waals surface area contributed by atoms with Gasteiger partial charge in [0, 0.05) is 5.56 Å². The van der Waals surface area contributed by atoms with Crippen molar-refractivity contribution in [3.63, 3.8) is 0 Å². The number of nitrogens with two attached hydrogens (primary N) is 1. The van der Waals surface area contributed by atoms with Crippen molar-refractivity contribution in [3.8, 4) is 5.75 Å². The summed E-state index contributed by atoms with van der Waals surface area (Å²) in [6, 6.07) is 3.08. The first-order valence-corrected chi connectivity index (χ1v) is 6.32. The van der Waals surface area contributed by atoms with Gasteiger partial charge in [0.05, 0.1) is 11.1 Å². The minimum Gasteiger partial charge on any atom is -0.490 e. The van der Waals surface area contributed by atoms with Crippen molar-refractivity contribution >= 4 is 21.8 Å². The Kier molecular flexibility index (Phi) is 5.41. The topological polar surface area (TPSA) is 59.1 Å². The number of ether oxygens (including phenoxy) is 1. The van der Waals surface area contributed by atoms with Gasteiger partial charge in [-0.15, -0.1) is 0 Å². The van der Waals surface area contributed by atoms with Crippen molar-refractivity contribution in [3.05, 3.63) is 28.0 Å². The predicted octanol–water partition coefficient (Wildman–Crippen LogP) is 3.44. The maximum absolute atomic E-state index is 13.8. The normalized spacial score (nSPS) is 10.3. The molecule has 1 rings (SSSR count). The highest BCUT2D eigenvalue weighted by Crippen LogP contribution is 2.28. The molecular weight excluding hydrogens is 287 g/mol. The fourth-order valence-corrected chi connectivity index (χ4v) is 1.93. The largest absolute Gasteiger partial charge is 0.490 e. The lowest BCUT2D eigenvalue weighted by molar-refractivity contribution is 0.291. The molecule has 0 amide bonds. The molecule has 0 atom stereocenters. The second-order valence-electron chi connectivity index (χ2n) is 3.71. The van der Waals surface area contributed by atoms with Crippen molar-refractivity contribution < 1.29 is 9.13 Å². The molecule has 0 aliphatic rings. The van der Waals surface area contributed by atoms with Crippen LogP contribution in [0.25, 0.3) is 0 Å². The Morgan fingerprint density at radius 2 is 2.18 bits per heavy atom. The first-order chi connectivity index (χ1) is 8.07. The average molecular weight is 303 g/mol. The van der Waals surface area contributed by atoms with Gasteiger partial charge in [0.1, 0.15) is 5.84 Å². The van der Waals surface area contributed by atoms with E-state index in [0.29, 0.717) is 12.2 Å². The summed E-state index contributed by atoms with van der Waals surface area (Å²) in [5, 5.41) is 7.28. The zero-order chi connectivity index (χ0) is 12.8. The van der Waals surface area contributed by atoms with Gasteiger partial charge in [0.15, 0.2) is 11.6 Å². The molecule has 1 aromatic rings. The van der Waals surface area contributed by atoms with Gasteiger partial charge in [-0.3, -0.25) is 5.41 Å². The summed E-state index contributed by atoms with van der Waals surface area (Å²) in [6.45, 7) is 2.59. The molecule has 5 heteroatoms. The van der Waals surface area contributed by atoms with E-state index in [1.54, 1.807) is 6.07 Å². The van der Waals surface area contributed by atoms with Crippen LogP contribution in [0, 0.1) is 11.2 Å². The fraction of sp³-hybridized carbons (Fsp3) is 0.417. The number of hydrogen-bond acceptors (Lipinski definition) is 2. The average Bonchev–Trinajstić information content (AvgIpc) is 2.29. The van der Waals surface area contributed by atoms with Gasteiger partial charge in [-0.25, -0.2) is 4.39 Å². The molecule has 94 valence electrons. The van der Waals surface area contributed by atoms with Gasteiger partial charge >= 0.3 is 0 Å². The van der Waals surface area contributed by atoms with Gasteiger partial charge in [0.25, 0.3) is 0 Å². The number of nitrogen functional groups attached to an aromatic ring is 1. The number of benzene rings is 1. The zero-order valence-corrected chi connectivity index (χ0v) is 11.3. The van der Waals surface area contributed by atoms with Gasteiger partial charge in [-0.2, -0.15) is 0 Å². The molecular formula is C12H16BrFN2O. The molecule has 0 fully saturated rings. The summed E-state index contributed by atoms with van der Waals surface area (Å²) in [7, 11) is 0. The van der Waals surface area contributed by atoms with Crippen molar-refractivity contribution in [2.45, 2.75) is 26.2 Å². The van der Waals surface area contributed by atoms with Gasteiger partial charge in [-0.05, 0) is 34.5 Å². The van der Waals surface area contributed by atoms with E-state index in [1.807, 2.05) is 0 Å².